The number of rotatable bonds is 5. The van der Waals surface area contributed by atoms with Gasteiger partial charge in [-0.2, -0.15) is 0 Å². The Balaban J connectivity index is 1.73. The Morgan fingerprint density at radius 3 is 2.34 bits per heavy atom. The second-order valence-corrected chi connectivity index (χ2v) is 8.22. The SMILES string of the molecule is O=C(O)c1cccc(N=C2S/C(=C\C(Cl)=C\c3ccccc3)C(=O)N2c2ccccc2)c1. The van der Waals surface area contributed by atoms with E-state index in [-0.39, 0.29) is 11.5 Å². The number of aromatic carboxylic acids is 1. The van der Waals surface area contributed by atoms with Gasteiger partial charge in [-0.1, -0.05) is 66.2 Å². The van der Waals surface area contributed by atoms with Gasteiger partial charge in [0, 0.05) is 5.03 Å². The molecule has 1 aliphatic rings. The summed E-state index contributed by atoms with van der Waals surface area (Å²) >= 11 is 7.60. The second-order valence-electron chi connectivity index (χ2n) is 6.78. The van der Waals surface area contributed by atoms with Crippen molar-refractivity contribution in [1.29, 1.82) is 0 Å². The van der Waals surface area contributed by atoms with E-state index in [1.54, 1.807) is 24.3 Å². The number of amides is 1. The van der Waals surface area contributed by atoms with E-state index in [2.05, 4.69) is 4.99 Å². The molecular formula is C25H17ClN2O3S. The lowest BCUT2D eigenvalue weighted by atomic mass is 10.2. The third-order valence-electron chi connectivity index (χ3n) is 4.51. The molecular weight excluding hydrogens is 444 g/mol. The Morgan fingerprint density at radius 2 is 1.66 bits per heavy atom. The van der Waals surface area contributed by atoms with Crippen molar-refractivity contribution >= 4 is 57.9 Å². The first-order chi connectivity index (χ1) is 15.5. The Kier molecular flexibility index (Phi) is 6.54. The number of carbonyl (C=O) groups is 2. The number of carboxylic acid groups (broad SMARTS) is 1. The summed E-state index contributed by atoms with van der Waals surface area (Å²) < 4.78 is 0. The van der Waals surface area contributed by atoms with Gasteiger partial charge in [-0.15, -0.1) is 0 Å². The minimum Gasteiger partial charge on any atom is -0.478 e. The van der Waals surface area contributed by atoms with Crippen LogP contribution in [0.4, 0.5) is 11.4 Å². The number of hydrogen-bond acceptors (Lipinski definition) is 4. The van der Waals surface area contributed by atoms with E-state index in [1.165, 1.54) is 28.8 Å². The van der Waals surface area contributed by atoms with E-state index in [9.17, 15) is 14.7 Å². The molecule has 0 radical (unpaired) electrons. The highest BCUT2D eigenvalue weighted by molar-refractivity contribution is 8.19. The van der Waals surface area contributed by atoms with Crippen LogP contribution in [0.5, 0.6) is 0 Å². The van der Waals surface area contributed by atoms with E-state index < -0.39 is 5.97 Å². The van der Waals surface area contributed by atoms with Gasteiger partial charge in [0.25, 0.3) is 5.91 Å². The molecule has 5 nitrogen and oxygen atoms in total. The molecule has 1 amide bonds. The van der Waals surface area contributed by atoms with Crippen LogP contribution in [0.25, 0.3) is 6.08 Å². The first-order valence-electron chi connectivity index (χ1n) is 9.64. The Labute approximate surface area is 194 Å². The quantitative estimate of drug-likeness (QED) is 0.452. The molecule has 0 unspecified atom stereocenters. The zero-order valence-electron chi connectivity index (χ0n) is 16.7. The molecule has 0 saturated carbocycles. The van der Waals surface area contributed by atoms with Crippen LogP contribution in [-0.2, 0) is 4.79 Å². The summed E-state index contributed by atoms with van der Waals surface area (Å²) in [6, 6.07) is 25.0. The van der Waals surface area contributed by atoms with Crippen LogP contribution in [0.1, 0.15) is 15.9 Å². The number of carboxylic acids is 1. The third kappa shape index (κ3) is 4.99. The maximum absolute atomic E-state index is 13.2. The summed E-state index contributed by atoms with van der Waals surface area (Å²) in [4.78, 5) is 31.0. The lowest BCUT2D eigenvalue weighted by Crippen LogP contribution is -2.28. The number of amidine groups is 1. The molecule has 0 spiro atoms. The molecule has 0 aliphatic carbocycles. The summed E-state index contributed by atoms with van der Waals surface area (Å²) in [6.07, 6.45) is 3.40. The lowest BCUT2D eigenvalue weighted by molar-refractivity contribution is -0.113. The summed E-state index contributed by atoms with van der Waals surface area (Å²) in [5.41, 5.74) is 2.14. The molecule has 4 rings (SSSR count). The number of thioether (sulfide) groups is 1. The highest BCUT2D eigenvalue weighted by Crippen LogP contribution is 2.37. The smallest absolute Gasteiger partial charge is 0.335 e. The van der Waals surface area contributed by atoms with Gasteiger partial charge in [0.15, 0.2) is 5.17 Å². The maximum Gasteiger partial charge on any atom is 0.335 e. The van der Waals surface area contributed by atoms with Crippen LogP contribution in [-0.4, -0.2) is 22.2 Å². The van der Waals surface area contributed by atoms with Crippen molar-refractivity contribution in [1.82, 2.24) is 0 Å². The van der Waals surface area contributed by atoms with Gasteiger partial charge in [0.1, 0.15) is 0 Å². The van der Waals surface area contributed by atoms with Crippen molar-refractivity contribution in [3.8, 4) is 0 Å². The monoisotopic (exact) mass is 460 g/mol. The molecule has 158 valence electrons. The number of aliphatic imine (C=N–C) groups is 1. The first kappa shape index (κ1) is 21.6. The summed E-state index contributed by atoms with van der Waals surface area (Å²) in [5, 5.41) is 10.1. The van der Waals surface area contributed by atoms with Crippen molar-refractivity contribution in [3.63, 3.8) is 0 Å². The third-order valence-corrected chi connectivity index (χ3v) is 5.70. The lowest BCUT2D eigenvalue weighted by Gasteiger charge is -2.15. The van der Waals surface area contributed by atoms with Crippen molar-refractivity contribution in [2.45, 2.75) is 0 Å². The van der Waals surface area contributed by atoms with E-state index in [4.69, 9.17) is 11.6 Å². The molecule has 3 aromatic rings. The molecule has 1 aliphatic heterocycles. The molecule has 1 fully saturated rings. The largest absolute Gasteiger partial charge is 0.478 e. The fourth-order valence-electron chi connectivity index (χ4n) is 3.05. The minimum absolute atomic E-state index is 0.122. The summed E-state index contributed by atoms with van der Waals surface area (Å²) in [6.45, 7) is 0. The highest BCUT2D eigenvalue weighted by atomic mass is 35.5. The predicted octanol–water partition coefficient (Wildman–Crippen LogP) is 6.32. The number of halogens is 1. The van der Waals surface area contributed by atoms with E-state index in [0.29, 0.717) is 26.5 Å². The second kappa shape index (κ2) is 9.68. The molecule has 0 atom stereocenters. The van der Waals surface area contributed by atoms with Gasteiger partial charge in [0.2, 0.25) is 0 Å². The van der Waals surface area contributed by atoms with Crippen molar-refractivity contribution in [2.75, 3.05) is 4.90 Å². The minimum atomic E-state index is -1.04. The van der Waals surface area contributed by atoms with E-state index >= 15 is 0 Å². The maximum atomic E-state index is 13.2. The van der Waals surface area contributed by atoms with Crippen molar-refractivity contribution in [2.24, 2.45) is 4.99 Å². The Bertz CT molecular complexity index is 1250. The molecule has 1 heterocycles. The van der Waals surface area contributed by atoms with Gasteiger partial charge in [-0.25, -0.2) is 9.79 Å². The van der Waals surface area contributed by atoms with Crippen LogP contribution in [0, 0.1) is 0 Å². The van der Waals surface area contributed by atoms with Gasteiger partial charge in [-0.05, 0) is 59.8 Å². The number of carbonyl (C=O) groups excluding carboxylic acids is 1. The summed E-state index contributed by atoms with van der Waals surface area (Å²) in [5.74, 6) is -1.30. The van der Waals surface area contributed by atoms with Crippen LogP contribution in [0.15, 0.2) is 106 Å². The Hall–Kier alpha value is -3.61. The van der Waals surface area contributed by atoms with Crippen molar-refractivity contribution in [3.05, 3.63) is 112 Å². The van der Waals surface area contributed by atoms with E-state index in [0.717, 1.165) is 5.56 Å². The number of allylic oxidation sites excluding steroid dienone is 2. The van der Waals surface area contributed by atoms with Gasteiger partial charge >= 0.3 is 5.97 Å². The first-order valence-corrected chi connectivity index (χ1v) is 10.8. The number of nitrogens with zero attached hydrogens (tertiary/aromatic N) is 2. The van der Waals surface area contributed by atoms with Gasteiger partial charge in [-0.3, -0.25) is 9.69 Å². The molecule has 0 bridgehead atoms. The standard InChI is InChI=1S/C25H17ClN2O3S/c26-19(14-17-8-3-1-4-9-17)16-22-23(29)28(21-12-5-2-6-13-21)25(32-22)27-20-11-7-10-18(15-20)24(30)31/h1-16H,(H,30,31)/b19-14-,22-16-,27-25?. The van der Waals surface area contributed by atoms with Gasteiger partial charge < -0.3 is 5.11 Å². The average Bonchev–Trinajstić information content (AvgIpc) is 3.09. The van der Waals surface area contributed by atoms with Crippen LogP contribution in [0.3, 0.4) is 0 Å². The molecule has 0 aromatic heterocycles. The van der Waals surface area contributed by atoms with Gasteiger partial charge in [0.05, 0.1) is 21.8 Å². The zero-order valence-corrected chi connectivity index (χ0v) is 18.3. The number of benzene rings is 3. The normalized spacial score (nSPS) is 16.7. The predicted molar refractivity (Wildman–Crippen MR) is 130 cm³/mol. The molecule has 7 heteroatoms. The topological polar surface area (TPSA) is 70.0 Å². The van der Waals surface area contributed by atoms with Crippen LogP contribution in [0.2, 0.25) is 0 Å². The molecule has 3 aromatic carbocycles. The zero-order chi connectivity index (χ0) is 22.5. The molecule has 32 heavy (non-hydrogen) atoms. The number of para-hydroxylation sites is 1. The fraction of sp³-hybridized carbons (Fsp3) is 0. The highest BCUT2D eigenvalue weighted by Gasteiger charge is 2.34. The van der Waals surface area contributed by atoms with E-state index in [1.807, 2.05) is 60.7 Å². The average molecular weight is 461 g/mol. The molecule has 1 N–H and O–H groups in total. The molecule has 1 saturated heterocycles. The number of hydrogen-bond donors (Lipinski definition) is 1. The summed E-state index contributed by atoms with van der Waals surface area (Å²) in [7, 11) is 0. The van der Waals surface area contributed by atoms with Crippen molar-refractivity contribution < 1.29 is 14.7 Å². The van der Waals surface area contributed by atoms with Crippen LogP contribution < -0.4 is 4.90 Å². The number of anilines is 1. The fourth-order valence-corrected chi connectivity index (χ4v) is 4.34. The van der Waals surface area contributed by atoms with Crippen LogP contribution >= 0.6 is 23.4 Å². The Morgan fingerprint density at radius 1 is 0.969 bits per heavy atom.